The zero-order valence-corrected chi connectivity index (χ0v) is 11.3. The normalized spacial score (nSPS) is 12.4. The van der Waals surface area contributed by atoms with E-state index in [4.69, 9.17) is 11.6 Å². The van der Waals surface area contributed by atoms with Crippen LogP contribution in [0.5, 0.6) is 0 Å². The minimum absolute atomic E-state index is 0.183. The second-order valence-corrected chi connectivity index (χ2v) is 5.83. The fourth-order valence-corrected chi connectivity index (χ4v) is 2.63. The van der Waals surface area contributed by atoms with Crippen LogP contribution < -0.4 is 5.32 Å². The number of nitrogens with one attached hydrogen (secondary N) is 1. The van der Waals surface area contributed by atoms with E-state index in [1.54, 1.807) is 17.5 Å². The number of aromatic nitrogens is 3. The van der Waals surface area contributed by atoms with E-state index in [-0.39, 0.29) is 21.3 Å². The summed E-state index contributed by atoms with van der Waals surface area (Å²) in [5.74, 6) is -0.0693. The number of amides is 1. The summed E-state index contributed by atoms with van der Waals surface area (Å²) >= 11 is 8.24. The lowest BCUT2D eigenvalue weighted by molar-refractivity contribution is 0.0950. The van der Waals surface area contributed by atoms with Gasteiger partial charge >= 0.3 is 0 Å². The van der Waals surface area contributed by atoms with E-state index in [1.165, 1.54) is 0 Å². The molecule has 1 atom stereocenters. The van der Waals surface area contributed by atoms with Crippen LogP contribution in [-0.2, 0) is 0 Å². The van der Waals surface area contributed by atoms with Gasteiger partial charge in [-0.25, -0.2) is 4.98 Å². The molecule has 2 rings (SSSR count). The molecule has 0 saturated heterocycles. The maximum Gasteiger partial charge on any atom is 0.282 e. The third-order valence-electron chi connectivity index (χ3n) is 2.04. The summed E-state index contributed by atoms with van der Waals surface area (Å²) in [5, 5.41) is 13.2. The molecule has 0 aliphatic rings. The molecule has 5 nitrogen and oxygen atoms in total. The first-order valence-electron chi connectivity index (χ1n) is 4.83. The summed E-state index contributed by atoms with van der Waals surface area (Å²) in [4.78, 5) is 15.8. The lowest BCUT2D eigenvalue weighted by Gasteiger charge is -2.08. The smallest absolute Gasteiger partial charge is 0.282 e. The van der Waals surface area contributed by atoms with Crippen molar-refractivity contribution in [3.05, 3.63) is 26.1 Å². The molecule has 0 saturated carbocycles. The van der Waals surface area contributed by atoms with Gasteiger partial charge in [0, 0.05) is 24.0 Å². The Bertz CT molecular complexity index is 499. The van der Waals surface area contributed by atoms with E-state index >= 15 is 0 Å². The van der Waals surface area contributed by atoms with Gasteiger partial charge in [0.25, 0.3) is 5.91 Å². The van der Waals surface area contributed by atoms with E-state index in [1.807, 2.05) is 12.3 Å². The molecule has 8 heteroatoms. The van der Waals surface area contributed by atoms with Crippen LogP contribution in [0.4, 0.5) is 0 Å². The fraction of sp³-hybridized carbons (Fsp3) is 0.333. The summed E-state index contributed by atoms with van der Waals surface area (Å²) in [6.07, 6.45) is 1.75. The molecule has 1 amide bonds. The van der Waals surface area contributed by atoms with Gasteiger partial charge in [0.15, 0.2) is 0 Å². The van der Waals surface area contributed by atoms with E-state index in [9.17, 15) is 4.79 Å². The molecule has 2 aromatic heterocycles. The second kappa shape index (κ2) is 5.52. The van der Waals surface area contributed by atoms with Crippen molar-refractivity contribution in [2.75, 3.05) is 6.54 Å². The Hall–Kier alpha value is -1.05. The van der Waals surface area contributed by atoms with Gasteiger partial charge in [-0.2, -0.15) is 0 Å². The fourth-order valence-electron chi connectivity index (χ4n) is 1.18. The Balaban J connectivity index is 1.88. The Morgan fingerprint density at radius 3 is 3.00 bits per heavy atom. The van der Waals surface area contributed by atoms with Crippen molar-refractivity contribution in [3.8, 4) is 0 Å². The van der Waals surface area contributed by atoms with Gasteiger partial charge < -0.3 is 5.32 Å². The number of halogens is 1. The van der Waals surface area contributed by atoms with Gasteiger partial charge in [-0.15, -0.1) is 21.5 Å². The van der Waals surface area contributed by atoms with E-state index in [2.05, 4.69) is 20.5 Å². The SMILES string of the molecule is CC(CNC(=O)c1nnc(Cl)s1)c1nccs1. The van der Waals surface area contributed by atoms with E-state index in [0.717, 1.165) is 16.3 Å². The molecule has 0 bridgehead atoms. The predicted molar refractivity (Wildman–Crippen MR) is 67.8 cm³/mol. The van der Waals surface area contributed by atoms with Crippen molar-refractivity contribution >= 4 is 40.2 Å². The standard InChI is InChI=1S/C9H9ClN4OS2/c1-5(7-11-2-3-16-7)4-12-6(15)8-13-14-9(10)17-8/h2-3,5H,4H2,1H3,(H,12,15). The molecule has 0 aliphatic carbocycles. The third-order valence-corrected chi connectivity index (χ3v) is 4.06. The van der Waals surface area contributed by atoms with Crippen molar-refractivity contribution in [2.24, 2.45) is 0 Å². The first kappa shape index (κ1) is 12.4. The van der Waals surface area contributed by atoms with Crippen molar-refractivity contribution in [2.45, 2.75) is 12.8 Å². The van der Waals surface area contributed by atoms with E-state index < -0.39 is 0 Å². The van der Waals surface area contributed by atoms with Crippen LogP contribution in [0.3, 0.4) is 0 Å². The van der Waals surface area contributed by atoms with Crippen molar-refractivity contribution in [3.63, 3.8) is 0 Å². The van der Waals surface area contributed by atoms with Crippen LogP contribution in [0.25, 0.3) is 0 Å². The highest BCUT2D eigenvalue weighted by Crippen LogP contribution is 2.17. The van der Waals surface area contributed by atoms with Crippen molar-refractivity contribution in [1.29, 1.82) is 0 Å². The second-order valence-electron chi connectivity index (χ2n) is 3.34. The number of carbonyl (C=O) groups is 1. The number of rotatable bonds is 4. The Kier molecular flexibility index (Phi) is 4.03. The molecule has 0 fully saturated rings. The van der Waals surface area contributed by atoms with Gasteiger partial charge in [-0.05, 0) is 11.6 Å². The average Bonchev–Trinajstić information content (AvgIpc) is 2.95. The molecule has 2 heterocycles. The number of carbonyl (C=O) groups excluding carboxylic acids is 1. The molecular weight excluding hydrogens is 280 g/mol. The zero-order chi connectivity index (χ0) is 12.3. The number of hydrogen-bond acceptors (Lipinski definition) is 6. The quantitative estimate of drug-likeness (QED) is 0.936. The molecule has 0 aromatic carbocycles. The predicted octanol–water partition coefficient (Wildman–Crippen LogP) is 2.18. The summed E-state index contributed by atoms with van der Waals surface area (Å²) in [7, 11) is 0. The first-order valence-corrected chi connectivity index (χ1v) is 6.91. The Labute approximate surface area is 111 Å². The number of thiazole rings is 1. The summed E-state index contributed by atoms with van der Waals surface area (Å²) < 4.78 is 0.267. The van der Waals surface area contributed by atoms with Gasteiger partial charge in [0.1, 0.15) is 0 Å². The zero-order valence-electron chi connectivity index (χ0n) is 8.88. The van der Waals surface area contributed by atoms with Gasteiger partial charge in [-0.3, -0.25) is 4.79 Å². The minimum atomic E-state index is -0.252. The molecule has 0 radical (unpaired) electrons. The summed E-state index contributed by atoms with van der Waals surface area (Å²) in [6, 6.07) is 0. The minimum Gasteiger partial charge on any atom is -0.349 e. The molecule has 1 unspecified atom stereocenters. The number of hydrogen-bond donors (Lipinski definition) is 1. The molecule has 17 heavy (non-hydrogen) atoms. The lowest BCUT2D eigenvalue weighted by Crippen LogP contribution is -2.27. The number of nitrogens with zero attached hydrogens (tertiary/aromatic N) is 3. The largest absolute Gasteiger partial charge is 0.349 e. The first-order chi connectivity index (χ1) is 8.16. The van der Waals surface area contributed by atoms with Gasteiger partial charge in [-0.1, -0.05) is 18.3 Å². The van der Waals surface area contributed by atoms with Crippen molar-refractivity contribution < 1.29 is 4.79 Å². The highest BCUT2D eigenvalue weighted by atomic mass is 35.5. The van der Waals surface area contributed by atoms with Crippen LogP contribution in [-0.4, -0.2) is 27.6 Å². The maximum absolute atomic E-state index is 11.7. The highest BCUT2D eigenvalue weighted by Gasteiger charge is 2.14. The molecule has 2 aromatic rings. The molecule has 1 N–H and O–H groups in total. The third kappa shape index (κ3) is 3.21. The van der Waals surface area contributed by atoms with Crippen LogP contribution in [0.2, 0.25) is 4.47 Å². The van der Waals surface area contributed by atoms with Gasteiger partial charge in [0.05, 0.1) is 5.01 Å². The monoisotopic (exact) mass is 288 g/mol. The van der Waals surface area contributed by atoms with Crippen LogP contribution in [0, 0.1) is 0 Å². The van der Waals surface area contributed by atoms with Crippen molar-refractivity contribution in [1.82, 2.24) is 20.5 Å². The topological polar surface area (TPSA) is 67.8 Å². The summed E-state index contributed by atoms with van der Waals surface area (Å²) in [6.45, 7) is 2.52. The van der Waals surface area contributed by atoms with Gasteiger partial charge in [0.2, 0.25) is 9.47 Å². The highest BCUT2D eigenvalue weighted by molar-refractivity contribution is 7.17. The van der Waals surface area contributed by atoms with Crippen LogP contribution >= 0.6 is 34.3 Å². The van der Waals surface area contributed by atoms with Crippen LogP contribution in [0.15, 0.2) is 11.6 Å². The lowest BCUT2D eigenvalue weighted by atomic mass is 10.2. The Morgan fingerprint density at radius 1 is 1.59 bits per heavy atom. The maximum atomic E-state index is 11.7. The summed E-state index contributed by atoms with van der Waals surface area (Å²) in [5.41, 5.74) is 0. The molecular formula is C9H9ClN4OS2. The average molecular weight is 289 g/mol. The van der Waals surface area contributed by atoms with Crippen LogP contribution in [0.1, 0.15) is 27.7 Å². The van der Waals surface area contributed by atoms with E-state index in [0.29, 0.717) is 6.54 Å². The molecule has 90 valence electrons. The molecule has 0 aliphatic heterocycles. The molecule has 0 spiro atoms. The Morgan fingerprint density at radius 2 is 2.41 bits per heavy atom.